The van der Waals surface area contributed by atoms with Crippen LogP contribution in [0.15, 0.2) is 18.3 Å². The van der Waals surface area contributed by atoms with Gasteiger partial charge in [-0.3, -0.25) is 4.79 Å². The molecule has 0 aromatic carbocycles. The van der Waals surface area contributed by atoms with Crippen LogP contribution in [0.3, 0.4) is 0 Å². The fraction of sp³-hybridized carbons (Fsp3) is 0.643. The molecule has 1 aromatic heterocycles. The van der Waals surface area contributed by atoms with Gasteiger partial charge >= 0.3 is 5.97 Å². The van der Waals surface area contributed by atoms with Crippen LogP contribution in [0, 0.1) is 5.92 Å². The number of hydrogen-bond acceptors (Lipinski definition) is 2. The highest BCUT2D eigenvalue weighted by molar-refractivity contribution is 5.70. The third kappa shape index (κ3) is 3.35. The molecule has 1 saturated carbocycles. The van der Waals surface area contributed by atoms with Gasteiger partial charge in [-0.15, -0.1) is 0 Å². The second-order valence-corrected chi connectivity index (χ2v) is 5.27. The highest BCUT2D eigenvalue weighted by Crippen LogP contribution is 2.27. The van der Waals surface area contributed by atoms with E-state index in [0.29, 0.717) is 6.04 Å². The van der Waals surface area contributed by atoms with Crippen LogP contribution in [0.1, 0.15) is 31.4 Å². The Balaban J connectivity index is 1.73. The van der Waals surface area contributed by atoms with Crippen molar-refractivity contribution in [3.05, 3.63) is 24.0 Å². The monoisotopic (exact) mass is 250 g/mol. The third-order valence-electron chi connectivity index (χ3n) is 4.07. The van der Waals surface area contributed by atoms with Gasteiger partial charge in [0.25, 0.3) is 0 Å². The number of aromatic nitrogens is 1. The molecule has 0 spiro atoms. The van der Waals surface area contributed by atoms with Crippen molar-refractivity contribution in [2.45, 2.75) is 38.1 Å². The van der Waals surface area contributed by atoms with E-state index in [1.807, 2.05) is 12.3 Å². The summed E-state index contributed by atoms with van der Waals surface area (Å²) in [5.41, 5.74) is 1.26. The van der Waals surface area contributed by atoms with Gasteiger partial charge in [0.15, 0.2) is 0 Å². The summed E-state index contributed by atoms with van der Waals surface area (Å²) in [7, 11) is 2.15. The number of likely N-dealkylation sites (N-methyl/N-ethyl adjacent to an activating group) is 1. The molecule has 0 bridgehead atoms. The Labute approximate surface area is 108 Å². The summed E-state index contributed by atoms with van der Waals surface area (Å²) in [4.78, 5) is 16.5. The normalized spacial score (nSPS) is 24.3. The molecular weight excluding hydrogens is 228 g/mol. The summed E-state index contributed by atoms with van der Waals surface area (Å²) in [6.07, 6.45) is 6.66. The van der Waals surface area contributed by atoms with Crippen LogP contribution in [0.5, 0.6) is 0 Å². The average molecular weight is 250 g/mol. The van der Waals surface area contributed by atoms with Crippen LogP contribution >= 0.6 is 0 Å². The molecule has 18 heavy (non-hydrogen) atoms. The molecule has 1 aliphatic rings. The van der Waals surface area contributed by atoms with Crippen molar-refractivity contribution < 1.29 is 9.90 Å². The first-order valence-electron chi connectivity index (χ1n) is 6.72. The number of nitrogens with zero attached hydrogens (tertiary/aromatic N) is 1. The first kappa shape index (κ1) is 13.1. The maximum absolute atomic E-state index is 10.9. The quantitative estimate of drug-likeness (QED) is 0.841. The van der Waals surface area contributed by atoms with Gasteiger partial charge in [0.05, 0.1) is 5.92 Å². The van der Waals surface area contributed by atoms with E-state index in [1.54, 1.807) is 0 Å². The number of aromatic amines is 1. The second kappa shape index (κ2) is 6.05. The van der Waals surface area contributed by atoms with Gasteiger partial charge in [0.2, 0.25) is 0 Å². The highest BCUT2D eigenvalue weighted by atomic mass is 16.4. The molecule has 0 aliphatic heterocycles. The molecule has 0 saturated heterocycles. The fourth-order valence-corrected chi connectivity index (χ4v) is 2.77. The number of nitrogens with one attached hydrogen (secondary N) is 1. The minimum Gasteiger partial charge on any atom is -0.481 e. The van der Waals surface area contributed by atoms with E-state index in [0.717, 1.165) is 38.6 Å². The zero-order chi connectivity index (χ0) is 13.0. The molecular formula is C14H22N2O2. The number of carboxylic acids is 1. The Morgan fingerprint density at radius 3 is 2.72 bits per heavy atom. The number of aliphatic carboxylic acids is 1. The third-order valence-corrected chi connectivity index (χ3v) is 4.07. The zero-order valence-electron chi connectivity index (χ0n) is 10.9. The van der Waals surface area contributed by atoms with Crippen LogP contribution in [0.4, 0.5) is 0 Å². The largest absolute Gasteiger partial charge is 0.481 e. The van der Waals surface area contributed by atoms with E-state index < -0.39 is 5.97 Å². The highest BCUT2D eigenvalue weighted by Gasteiger charge is 2.27. The van der Waals surface area contributed by atoms with Crippen molar-refractivity contribution in [2.24, 2.45) is 5.92 Å². The van der Waals surface area contributed by atoms with Gasteiger partial charge in [-0.1, -0.05) is 0 Å². The predicted octanol–water partition coefficient (Wildman–Crippen LogP) is 2.13. The van der Waals surface area contributed by atoms with Crippen LogP contribution in [-0.4, -0.2) is 40.6 Å². The Morgan fingerprint density at radius 2 is 2.17 bits per heavy atom. The van der Waals surface area contributed by atoms with E-state index in [-0.39, 0.29) is 5.92 Å². The molecule has 0 amide bonds. The van der Waals surface area contributed by atoms with Crippen LogP contribution < -0.4 is 0 Å². The average Bonchev–Trinajstić information content (AvgIpc) is 2.89. The van der Waals surface area contributed by atoms with Crippen molar-refractivity contribution in [2.75, 3.05) is 13.6 Å². The second-order valence-electron chi connectivity index (χ2n) is 5.27. The Hall–Kier alpha value is -1.29. The van der Waals surface area contributed by atoms with Gasteiger partial charge in [-0.05, 0) is 44.9 Å². The van der Waals surface area contributed by atoms with Crippen molar-refractivity contribution in [1.82, 2.24) is 9.88 Å². The lowest BCUT2D eigenvalue weighted by atomic mass is 9.85. The van der Waals surface area contributed by atoms with Crippen LogP contribution in [0.2, 0.25) is 0 Å². The smallest absolute Gasteiger partial charge is 0.306 e. The summed E-state index contributed by atoms with van der Waals surface area (Å²) in [5.74, 6) is -0.736. The lowest BCUT2D eigenvalue weighted by Crippen LogP contribution is -2.37. The van der Waals surface area contributed by atoms with Gasteiger partial charge in [0, 0.05) is 30.9 Å². The van der Waals surface area contributed by atoms with Crippen molar-refractivity contribution >= 4 is 5.97 Å². The maximum atomic E-state index is 10.9. The number of carboxylic acid groups (broad SMARTS) is 1. The lowest BCUT2D eigenvalue weighted by Gasteiger charge is -2.33. The minimum absolute atomic E-state index is 0.113. The molecule has 0 unspecified atom stereocenters. The van der Waals surface area contributed by atoms with Crippen molar-refractivity contribution in [3.8, 4) is 0 Å². The Bertz CT molecular complexity index is 367. The van der Waals surface area contributed by atoms with Crippen molar-refractivity contribution in [1.29, 1.82) is 0 Å². The summed E-state index contributed by atoms with van der Waals surface area (Å²) in [6.45, 7) is 1.03. The summed E-state index contributed by atoms with van der Waals surface area (Å²) in [5, 5.41) is 8.97. The molecule has 4 nitrogen and oxygen atoms in total. The summed E-state index contributed by atoms with van der Waals surface area (Å²) < 4.78 is 0. The SMILES string of the molecule is CN(CCc1ccc[nH]1)C1CCC(C(=O)O)CC1. The molecule has 0 radical (unpaired) electrons. The molecule has 100 valence electrons. The number of hydrogen-bond donors (Lipinski definition) is 2. The fourth-order valence-electron chi connectivity index (χ4n) is 2.77. The first-order valence-corrected chi connectivity index (χ1v) is 6.72. The number of H-pyrrole nitrogens is 1. The maximum Gasteiger partial charge on any atom is 0.306 e. The van der Waals surface area contributed by atoms with Crippen LogP contribution in [-0.2, 0) is 11.2 Å². The summed E-state index contributed by atoms with van der Waals surface area (Å²) >= 11 is 0. The van der Waals surface area contributed by atoms with Gasteiger partial charge in [-0.25, -0.2) is 0 Å². The van der Waals surface area contributed by atoms with E-state index in [4.69, 9.17) is 5.11 Å². The molecule has 0 atom stereocenters. The van der Waals surface area contributed by atoms with E-state index in [9.17, 15) is 4.79 Å². The number of carbonyl (C=O) groups is 1. The molecule has 2 N–H and O–H groups in total. The van der Waals surface area contributed by atoms with Crippen molar-refractivity contribution in [3.63, 3.8) is 0 Å². The molecule has 2 rings (SSSR count). The number of rotatable bonds is 5. The molecule has 1 aromatic rings. The molecule has 1 fully saturated rings. The standard InChI is InChI=1S/C14H22N2O2/c1-16(10-8-12-3-2-9-15-12)13-6-4-11(5-7-13)14(17)18/h2-3,9,11,13,15H,4-8,10H2,1H3,(H,17,18). The Morgan fingerprint density at radius 1 is 1.44 bits per heavy atom. The molecule has 1 aliphatic carbocycles. The Kier molecular flexibility index (Phi) is 4.42. The predicted molar refractivity (Wildman–Crippen MR) is 70.5 cm³/mol. The van der Waals surface area contributed by atoms with Gasteiger partial charge in [0.1, 0.15) is 0 Å². The topological polar surface area (TPSA) is 56.3 Å². The molecule has 4 heteroatoms. The minimum atomic E-state index is -0.623. The van der Waals surface area contributed by atoms with Crippen LogP contribution in [0.25, 0.3) is 0 Å². The zero-order valence-corrected chi connectivity index (χ0v) is 10.9. The van der Waals surface area contributed by atoms with E-state index in [2.05, 4.69) is 23.0 Å². The van der Waals surface area contributed by atoms with Gasteiger partial charge in [-0.2, -0.15) is 0 Å². The summed E-state index contributed by atoms with van der Waals surface area (Å²) in [6, 6.07) is 4.68. The van der Waals surface area contributed by atoms with E-state index in [1.165, 1.54) is 5.69 Å². The first-order chi connectivity index (χ1) is 8.66. The van der Waals surface area contributed by atoms with E-state index >= 15 is 0 Å². The molecule has 1 heterocycles. The lowest BCUT2D eigenvalue weighted by molar-refractivity contribution is -0.143. The van der Waals surface area contributed by atoms with Gasteiger partial charge < -0.3 is 15.0 Å².